The molecule has 1 heterocycles. The van der Waals surface area contributed by atoms with Gasteiger partial charge in [-0.3, -0.25) is 4.79 Å². The molecule has 0 saturated carbocycles. The number of carbonyl (C=O) groups is 1. The van der Waals surface area contributed by atoms with Crippen LogP contribution >= 0.6 is 12.2 Å². The smallest absolute Gasteiger partial charge is 0.279 e. The number of nitrogens with one attached hydrogen (secondary N) is 2. The maximum Gasteiger partial charge on any atom is 0.279 e. The molecule has 0 aliphatic rings. The van der Waals surface area contributed by atoms with Gasteiger partial charge in [0.25, 0.3) is 5.91 Å². The van der Waals surface area contributed by atoms with Gasteiger partial charge in [0.05, 0.1) is 12.8 Å². The summed E-state index contributed by atoms with van der Waals surface area (Å²) in [6, 6.07) is 13.6. The SMILES string of the molecule is O=C(NCc1ccco1)C(=S)NCCc1ccccc1. The third-order valence-corrected chi connectivity index (χ3v) is 3.08. The van der Waals surface area contributed by atoms with Gasteiger partial charge in [-0.05, 0) is 24.1 Å². The first-order valence-corrected chi connectivity index (χ1v) is 6.79. The highest BCUT2D eigenvalue weighted by Gasteiger charge is 2.08. The summed E-state index contributed by atoms with van der Waals surface area (Å²) in [5, 5.41) is 5.65. The maximum absolute atomic E-state index is 11.7. The van der Waals surface area contributed by atoms with Gasteiger partial charge in [0.15, 0.2) is 4.99 Å². The number of benzene rings is 1. The van der Waals surface area contributed by atoms with E-state index in [0.717, 1.165) is 6.42 Å². The van der Waals surface area contributed by atoms with Crippen LogP contribution in [0.4, 0.5) is 0 Å². The van der Waals surface area contributed by atoms with Crippen molar-refractivity contribution in [2.45, 2.75) is 13.0 Å². The zero-order valence-electron chi connectivity index (χ0n) is 11.0. The highest BCUT2D eigenvalue weighted by molar-refractivity contribution is 7.82. The Morgan fingerprint density at radius 3 is 2.60 bits per heavy atom. The van der Waals surface area contributed by atoms with Crippen molar-refractivity contribution < 1.29 is 9.21 Å². The predicted molar refractivity (Wildman–Crippen MR) is 81.3 cm³/mol. The lowest BCUT2D eigenvalue weighted by Gasteiger charge is -2.08. The van der Waals surface area contributed by atoms with E-state index in [1.54, 1.807) is 18.4 Å². The Hall–Kier alpha value is -2.14. The molecule has 4 nitrogen and oxygen atoms in total. The normalized spacial score (nSPS) is 10.0. The first kappa shape index (κ1) is 14.3. The molecule has 20 heavy (non-hydrogen) atoms. The van der Waals surface area contributed by atoms with Crippen LogP contribution in [-0.4, -0.2) is 17.4 Å². The van der Waals surface area contributed by atoms with Crippen LogP contribution in [0, 0.1) is 0 Å². The number of carbonyl (C=O) groups excluding carboxylic acids is 1. The number of hydrogen-bond donors (Lipinski definition) is 2. The molecule has 0 atom stereocenters. The van der Waals surface area contributed by atoms with Crippen molar-refractivity contribution in [3.8, 4) is 0 Å². The molecule has 0 fully saturated rings. The van der Waals surface area contributed by atoms with Crippen molar-refractivity contribution in [3.63, 3.8) is 0 Å². The Morgan fingerprint density at radius 2 is 1.90 bits per heavy atom. The minimum Gasteiger partial charge on any atom is -0.467 e. The highest BCUT2D eigenvalue weighted by Crippen LogP contribution is 1.99. The van der Waals surface area contributed by atoms with Gasteiger partial charge < -0.3 is 15.1 Å². The quantitative estimate of drug-likeness (QED) is 0.827. The van der Waals surface area contributed by atoms with Crippen LogP contribution in [0.15, 0.2) is 53.1 Å². The third-order valence-electron chi connectivity index (χ3n) is 2.75. The first-order chi connectivity index (χ1) is 9.75. The molecule has 5 heteroatoms. The van der Waals surface area contributed by atoms with E-state index >= 15 is 0 Å². The molecular weight excluding hydrogens is 272 g/mol. The second-order valence-corrected chi connectivity index (χ2v) is 4.66. The van der Waals surface area contributed by atoms with E-state index in [-0.39, 0.29) is 10.9 Å². The van der Waals surface area contributed by atoms with Crippen LogP contribution in [0.1, 0.15) is 11.3 Å². The van der Waals surface area contributed by atoms with Crippen LogP contribution in [0.3, 0.4) is 0 Å². The van der Waals surface area contributed by atoms with Crippen molar-refractivity contribution in [3.05, 3.63) is 60.1 Å². The standard InChI is InChI=1S/C15H16N2O2S/c18-14(17-11-13-7-4-10-19-13)15(20)16-9-8-12-5-2-1-3-6-12/h1-7,10H,8-9,11H2,(H,16,20)(H,17,18). The summed E-state index contributed by atoms with van der Waals surface area (Å²) in [6.45, 7) is 0.976. The zero-order chi connectivity index (χ0) is 14.2. The van der Waals surface area contributed by atoms with Crippen LogP contribution in [0.5, 0.6) is 0 Å². The molecule has 0 spiro atoms. The second kappa shape index (κ2) is 7.45. The van der Waals surface area contributed by atoms with Gasteiger partial charge in [-0.25, -0.2) is 0 Å². The van der Waals surface area contributed by atoms with Gasteiger partial charge in [-0.2, -0.15) is 0 Å². The average molecular weight is 288 g/mol. The third kappa shape index (κ3) is 4.51. The molecule has 0 aliphatic heterocycles. The molecule has 1 aromatic heterocycles. The Labute approximate surface area is 123 Å². The van der Waals surface area contributed by atoms with Crippen molar-refractivity contribution >= 4 is 23.1 Å². The van der Waals surface area contributed by atoms with Crippen LogP contribution < -0.4 is 10.6 Å². The lowest BCUT2D eigenvalue weighted by atomic mass is 10.1. The maximum atomic E-state index is 11.7. The number of hydrogen-bond acceptors (Lipinski definition) is 3. The van der Waals surface area contributed by atoms with Gasteiger partial charge in [0, 0.05) is 6.54 Å². The first-order valence-electron chi connectivity index (χ1n) is 6.38. The van der Waals surface area contributed by atoms with E-state index in [0.29, 0.717) is 18.8 Å². The molecular formula is C15H16N2O2S. The Morgan fingerprint density at radius 1 is 1.10 bits per heavy atom. The van der Waals surface area contributed by atoms with E-state index in [1.807, 2.05) is 30.3 Å². The summed E-state index contributed by atoms with van der Waals surface area (Å²) in [5.41, 5.74) is 1.21. The predicted octanol–water partition coefficient (Wildman–Crippen LogP) is 2.06. The molecule has 2 rings (SSSR count). The molecule has 0 unspecified atom stereocenters. The molecule has 1 amide bonds. The Kier molecular flexibility index (Phi) is 5.32. The van der Waals surface area contributed by atoms with Gasteiger partial charge in [-0.15, -0.1) is 0 Å². The number of rotatable bonds is 5. The summed E-state index contributed by atoms with van der Waals surface area (Å²) in [7, 11) is 0. The summed E-state index contributed by atoms with van der Waals surface area (Å²) < 4.78 is 5.12. The monoisotopic (exact) mass is 288 g/mol. The number of amides is 1. The number of furan rings is 1. The zero-order valence-corrected chi connectivity index (χ0v) is 11.8. The van der Waals surface area contributed by atoms with E-state index in [4.69, 9.17) is 16.6 Å². The van der Waals surface area contributed by atoms with Gasteiger partial charge >= 0.3 is 0 Å². The average Bonchev–Trinajstić information content (AvgIpc) is 2.99. The van der Waals surface area contributed by atoms with Crippen molar-refractivity contribution in [1.29, 1.82) is 0 Å². The Balaban J connectivity index is 1.67. The largest absolute Gasteiger partial charge is 0.467 e. The molecule has 1 aromatic carbocycles. The summed E-state index contributed by atoms with van der Waals surface area (Å²) in [6.07, 6.45) is 2.39. The molecule has 2 N–H and O–H groups in total. The van der Waals surface area contributed by atoms with Gasteiger partial charge in [0.2, 0.25) is 0 Å². The summed E-state index contributed by atoms with van der Waals surface area (Å²) >= 11 is 5.03. The molecule has 0 radical (unpaired) electrons. The summed E-state index contributed by atoms with van der Waals surface area (Å²) in [4.78, 5) is 11.9. The number of thiocarbonyl (C=S) groups is 1. The van der Waals surface area contributed by atoms with Crippen LogP contribution in [0.25, 0.3) is 0 Å². The topological polar surface area (TPSA) is 54.3 Å². The molecule has 2 aromatic rings. The molecule has 0 saturated heterocycles. The lowest BCUT2D eigenvalue weighted by Crippen LogP contribution is -2.39. The van der Waals surface area contributed by atoms with E-state index in [1.165, 1.54) is 5.56 Å². The van der Waals surface area contributed by atoms with Gasteiger partial charge in [-0.1, -0.05) is 42.5 Å². The van der Waals surface area contributed by atoms with E-state index in [2.05, 4.69) is 10.6 Å². The van der Waals surface area contributed by atoms with Crippen LogP contribution in [0.2, 0.25) is 0 Å². The summed E-state index contributed by atoms with van der Waals surface area (Å²) in [5.74, 6) is 0.412. The van der Waals surface area contributed by atoms with E-state index < -0.39 is 0 Å². The molecule has 0 bridgehead atoms. The fourth-order valence-electron chi connectivity index (χ4n) is 1.71. The lowest BCUT2D eigenvalue weighted by molar-refractivity contribution is -0.115. The highest BCUT2D eigenvalue weighted by atomic mass is 32.1. The minimum absolute atomic E-state index is 0.201. The van der Waals surface area contributed by atoms with E-state index in [9.17, 15) is 4.79 Å². The minimum atomic E-state index is -0.288. The Bertz CT molecular complexity index is 553. The van der Waals surface area contributed by atoms with Crippen molar-refractivity contribution in [2.75, 3.05) is 6.54 Å². The molecule has 0 aliphatic carbocycles. The van der Waals surface area contributed by atoms with Crippen molar-refractivity contribution in [1.82, 2.24) is 10.6 Å². The van der Waals surface area contributed by atoms with Crippen molar-refractivity contribution in [2.24, 2.45) is 0 Å². The fraction of sp³-hybridized carbons (Fsp3) is 0.200. The second-order valence-electron chi connectivity index (χ2n) is 4.25. The van der Waals surface area contributed by atoms with Crippen LogP contribution in [-0.2, 0) is 17.8 Å². The molecule has 104 valence electrons. The van der Waals surface area contributed by atoms with Gasteiger partial charge in [0.1, 0.15) is 5.76 Å². The fourth-order valence-corrected chi connectivity index (χ4v) is 1.88.